The van der Waals surface area contributed by atoms with Crippen LogP contribution >= 0.6 is 0 Å². The standard InChI is InChI=1S/C20H18N2O5/c1-3-27-19(24)12-8-9-22-15-7-5-4-6-11(15)13-10-14(20(25)26-2)21-16(17(13)22)18(12)23/h4-8,10,18,23H,3,9H2,1-2H3. The van der Waals surface area contributed by atoms with Gasteiger partial charge in [0.25, 0.3) is 0 Å². The normalized spacial score (nSPS) is 16.1. The van der Waals surface area contributed by atoms with Gasteiger partial charge in [-0.3, -0.25) is 0 Å². The maximum absolute atomic E-state index is 12.3. The Morgan fingerprint density at radius 2 is 2.04 bits per heavy atom. The fourth-order valence-electron chi connectivity index (χ4n) is 3.55. The smallest absolute Gasteiger partial charge is 0.356 e. The van der Waals surface area contributed by atoms with Crippen molar-refractivity contribution in [1.82, 2.24) is 9.55 Å². The molecule has 27 heavy (non-hydrogen) atoms. The number of carbonyl (C=O) groups excluding carboxylic acids is 2. The van der Waals surface area contributed by atoms with Gasteiger partial charge in [0.1, 0.15) is 11.8 Å². The van der Waals surface area contributed by atoms with E-state index in [9.17, 15) is 14.7 Å². The number of aliphatic hydroxyl groups is 1. The van der Waals surface area contributed by atoms with Gasteiger partial charge in [-0.25, -0.2) is 14.6 Å². The minimum absolute atomic E-state index is 0.0760. The number of ether oxygens (including phenoxy) is 2. The Labute approximate surface area is 154 Å². The van der Waals surface area contributed by atoms with Crippen LogP contribution in [-0.4, -0.2) is 40.3 Å². The van der Waals surface area contributed by atoms with E-state index < -0.39 is 18.0 Å². The zero-order valence-electron chi connectivity index (χ0n) is 14.9. The first-order valence-corrected chi connectivity index (χ1v) is 8.62. The Bertz CT molecular complexity index is 1110. The number of para-hydroxylation sites is 1. The van der Waals surface area contributed by atoms with Crippen molar-refractivity contribution in [3.8, 4) is 0 Å². The summed E-state index contributed by atoms with van der Waals surface area (Å²) >= 11 is 0. The number of nitrogens with zero attached hydrogens (tertiary/aromatic N) is 2. The van der Waals surface area contributed by atoms with E-state index in [4.69, 9.17) is 9.47 Å². The molecular formula is C20H18N2O5. The predicted molar refractivity (Wildman–Crippen MR) is 98.3 cm³/mol. The number of aliphatic hydroxyl groups excluding tert-OH is 1. The van der Waals surface area contributed by atoms with Crippen molar-refractivity contribution in [2.45, 2.75) is 19.6 Å². The van der Waals surface area contributed by atoms with Crippen molar-refractivity contribution in [2.75, 3.05) is 13.7 Å². The summed E-state index contributed by atoms with van der Waals surface area (Å²) in [5.74, 6) is -1.21. The van der Waals surface area contributed by atoms with E-state index in [2.05, 4.69) is 4.98 Å². The molecule has 3 heterocycles. The highest BCUT2D eigenvalue weighted by Crippen LogP contribution is 2.37. The molecule has 0 radical (unpaired) electrons. The highest BCUT2D eigenvalue weighted by molar-refractivity contribution is 6.11. The summed E-state index contributed by atoms with van der Waals surface area (Å²) in [7, 11) is 1.27. The number of aromatic nitrogens is 2. The van der Waals surface area contributed by atoms with Crippen molar-refractivity contribution in [1.29, 1.82) is 0 Å². The molecule has 138 valence electrons. The Kier molecular flexibility index (Phi) is 4.16. The lowest BCUT2D eigenvalue weighted by molar-refractivity contribution is -0.139. The van der Waals surface area contributed by atoms with Crippen LogP contribution in [0.4, 0.5) is 0 Å². The molecule has 7 nitrogen and oxygen atoms in total. The number of hydrogen-bond acceptors (Lipinski definition) is 6. The number of pyridine rings is 1. The average Bonchev–Trinajstić information content (AvgIpc) is 2.92. The summed E-state index contributed by atoms with van der Waals surface area (Å²) in [4.78, 5) is 28.8. The number of carbonyl (C=O) groups is 2. The molecule has 7 heteroatoms. The molecule has 1 aliphatic heterocycles. The molecule has 3 aromatic rings. The van der Waals surface area contributed by atoms with E-state index in [1.54, 1.807) is 19.1 Å². The number of rotatable bonds is 3. The number of fused-ring (bicyclic) bond motifs is 3. The van der Waals surface area contributed by atoms with Gasteiger partial charge in [0.2, 0.25) is 0 Å². The second-order valence-electron chi connectivity index (χ2n) is 6.19. The lowest BCUT2D eigenvalue weighted by atomic mass is 10.0. The third-order valence-corrected chi connectivity index (χ3v) is 4.73. The van der Waals surface area contributed by atoms with Crippen molar-refractivity contribution in [3.05, 3.63) is 53.4 Å². The van der Waals surface area contributed by atoms with Crippen LogP contribution in [0.2, 0.25) is 0 Å². The summed E-state index contributed by atoms with van der Waals surface area (Å²) in [6.07, 6.45) is 0.343. The minimum Gasteiger partial charge on any atom is -0.464 e. The number of benzene rings is 1. The minimum atomic E-state index is -1.30. The van der Waals surface area contributed by atoms with Crippen LogP contribution in [0.5, 0.6) is 0 Å². The molecule has 2 aromatic heterocycles. The second-order valence-corrected chi connectivity index (χ2v) is 6.19. The van der Waals surface area contributed by atoms with Gasteiger partial charge >= 0.3 is 11.9 Å². The van der Waals surface area contributed by atoms with Gasteiger partial charge in [0.15, 0.2) is 0 Å². The molecule has 4 rings (SSSR count). The van der Waals surface area contributed by atoms with Crippen LogP contribution in [0.1, 0.15) is 29.2 Å². The van der Waals surface area contributed by atoms with E-state index in [0.29, 0.717) is 12.1 Å². The van der Waals surface area contributed by atoms with Gasteiger partial charge < -0.3 is 19.1 Å². The van der Waals surface area contributed by atoms with Gasteiger partial charge in [-0.2, -0.15) is 0 Å². The summed E-state index contributed by atoms with van der Waals surface area (Å²) in [6, 6.07) is 9.38. The topological polar surface area (TPSA) is 90.7 Å². The monoisotopic (exact) mass is 366 g/mol. The van der Waals surface area contributed by atoms with Crippen molar-refractivity contribution < 1.29 is 24.2 Å². The van der Waals surface area contributed by atoms with Gasteiger partial charge in [-0.15, -0.1) is 0 Å². The van der Waals surface area contributed by atoms with E-state index >= 15 is 0 Å². The first-order valence-electron chi connectivity index (χ1n) is 8.62. The summed E-state index contributed by atoms with van der Waals surface area (Å²) in [5.41, 5.74) is 2.03. The highest BCUT2D eigenvalue weighted by atomic mass is 16.5. The first kappa shape index (κ1) is 17.2. The summed E-state index contributed by atoms with van der Waals surface area (Å²) in [6.45, 7) is 2.28. The van der Waals surface area contributed by atoms with Crippen LogP contribution in [0.15, 0.2) is 42.0 Å². The molecule has 1 unspecified atom stereocenters. The molecular weight excluding hydrogens is 348 g/mol. The molecule has 1 atom stereocenters. The zero-order valence-corrected chi connectivity index (χ0v) is 14.9. The van der Waals surface area contributed by atoms with Crippen LogP contribution in [-0.2, 0) is 20.8 Å². The molecule has 1 aliphatic rings. The SMILES string of the molecule is CCOC(=O)C1=CCn2c3ccccc3c3cc(C(=O)OC)nc(c32)C1O. The third kappa shape index (κ3) is 2.59. The Balaban J connectivity index is 2.05. The summed E-state index contributed by atoms with van der Waals surface area (Å²) < 4.78 is 11.8. The average molecular weight is 366 g/mol. The maximum Gasteiger partial charge on any atom is 0.356 e. The molecule has 0 saturated carbocycles. The molecule has 0 amide bonds. The Morgan fingerprint density at radius 1 is 1.26 bits per heavy atom. The fraction of sp³-hybridized carbons (Fsp3) is 0.250. The Morgan fingerprint density at radius 3 is 2.78 bits per heavy atom. The van der Waals surface area contributed by atoms with Gasteiger partial charge in [-0.05, 0) is 19.1 Å². The highest BCUT2D eigenvalue weighted by Gasteiger charge is 2.30. The quantitative estimate of drug-likeness (QED) is 0.716. The van der Waals surface area contributed by atoms with E-state index in [-0.39, 0.29) is 23.6 Å². The second kappa shape index (κ2) is 6.51. The molecule has 1 aromatic carbocycles. The molecule has 1 N–H and O–H groups in total. The van der Waals surface area contributed by atoms with Crippen molar-refractivity contribution in [2.24, 2.45) is 0 Å². The Hall–Kier alpha value is -3.19. The van der Waals surface area contributed by atoms with E-state index in [1.165, 1.54) is 7.11 Å². The lowest BCUT2D eigenvalue weighted by Crippen LogP contribution is -2.16. The van der Waals surface area contributed by atoms with Crippen molar-refractivity contribution >= 4 is 33.7 Å². The number of esters is 2. The lowest BCUT2D eigenvalue weighted by Gasteiger charge is -2.14. The molecule has 0 aliphatic carbocycles. The van der Waals surface area contributed by atoms with Gasteiger partial charge in [0, 0.05) is 22.8 Å². The number of hydrogen-bond donors (Lipinski definition) is 1. The van der Waals surface area contributed by atoms with Crippen LogP contribution in [0, 0.1) is 0 Å². The van der Waals surface area contributed by atoms with Gasteiger partial charge in [-0.1, -0.05) is 24.3 Å². The number of allylic oxidation sites excluding steroid dienone is 1. The first-order chi connectivity index (χ1) is 13.1. The summed E-state index contributed by atoms with van der Waals surface area (Å²) in [5, 5.41) is 12.6. The molecule has 0 saturated heterocycles. The van der Waals surface area contributed by atoms with E-state index in [1.807, 2.05) is 28.8 Å². The molecule has 0 fully saturated rings. The van der Waals surface area contributed by atoms with Crippen LogP contribution < -0.4 is 0 Å². The molecule has 0 bridgehead atoms. The predicted octanol–water partition coefficient (Wildman–Crippen LogP) is 2.51. The zero-order chi connectivity index (χ0) is 19.1. The van der Waals surface area contributed by atoms with Crippen LogP contribution in [0.3, 0.4) is 0 Å². The number of methoxy groups -OCH3 is 1. The van der Waals surface area contributed by atoms with E-state index in [0.717, 1.165) is 16.3 Å². The van der Waals surface area contributed by atoms with Crippen LogP contribution in [0.25, 0.3) is 21.8 Å². The fourth-order valence-corrected chi connectivity index (χ4v) is 3.55. The maximum atomic E-state index is 12.3. The molecule has 0 spiro atoms. The third-order valence-electron chi connectivity index (χ3n) is 4.73. The van der Waals surface area contributed by atoms with Gasteiger partial charge in [0.05, 0.1) is 30.5 Å². The van der Waals surface area contributed by atoms with Crippen molar-refractivity contribution in [3.63, 3.8) is 0 Å². The largest absolute Gasteiger partial charge is 0.464 e.